The highest BCUT2D eigenvalue weighted by atomic mass is 79.9. The summed E-state index contributed by atoms with van der Waals surface area (Å²) in [4.78, 5) is 11.4. The molecule has 0 aliphatic heterocycles. The van der Waals surface area contributed by atoms with Crippen LogP contribution in [0.2, 0.25) is 0 Å². The van der Waals surface area contributed by atoms with Gasteiger partial charge in [-0.3, -0.25) is 4.79 Å². The minimum Gasteiger partial charge on any atom is -0.295 e. The van der Waals surface area contributed by atoms with E-state index in [0.29, 0.717) is 4.83 Å². The molecule has 0 radical (unpaired) electrons. The number of ketones is 1. The molecule has 84 valence electrons. The number of hydrogen-bond acceptors (Lipinski definition) is 1. The maximum atomic E-state index is 11.0. The van der Waals surface area contributed by atoms with E-state index in [9.17, 15) is 4.79 Å². The number of rotatable bonds is 2. The van der Waals surface area contributed by atoms with Gasteiger partial charge in [-0.15, -0.1) is 0 Å². The van der Waals surface area contributed by atoms with Crippen LogP contribution in [-0.2, 0) is 4.79 Å². The molecule has 0 bridgehead atoms. The lowest BCUT2D eigenvalue weighted by Gasteiger charge is -2.35. The first-order valence-corrected chi connectivity index (χ1v) is 6.30. The second kappa shape index (κ2) is 4.65. The fourth-order valence-electron chi connectivity index (χ4n) is 2.10. The Labute approximate surface area is 101 Å². The van der Waals surface area contributed by atoms with Crippen molar-refractivity contribution >= 4 is 21.7 Å². The molecule has 1 unspecified atom stereocenters. The zero-order valence-electron chi connectivity index (χ0n) is 9.93. The maximum absolute atomic E-state index is 11.0. The third-order valence-electron chi connectivity index (χ3n) is 3.13. The van der Waals surface area contributed by atoms with E-state index in [0.717, 1.165) is 6.42 Å². The van der Waals surface area contributed by atoms with E-state index in [1.54, 1.807) is 13.0 Å². The summed E-state index contributed by atoms with van der Waals surface area (Å²) in [5.41, 5.74) is 2.87. The molecule has 0 amide bonds. The summed E-state index contributed by atoms with van der Waals surface area (Å²) in [6, 6.07) is 0. The van der Waals surface area contributed by atoms with Crippen molar-refractivity contribution in [1.29, 1.82) is 0 Å². The SMILES string of the molecule is CC(=O)/C=C/C1=C(C)C(Br)CCC1(C)C. The van der Waals surface area contributed by atoms with Gasteiger partial charge in [0.15, 0.2) is 5.78 Å². The van der Waals surface area contributed by atoms with E-state index in [1.165, 1.54) is 17.6 Å². The Morgan fingerprint density at radius 3 is 2.67 bits per heavy atom. The van der Waals surface area contributed by atoms with Crippen LogP contribution >= 0.6 is 15.9 Å². The monoisotopic (exact) mass is 270 g/mol. The van der Waals surface area contributed by atoms with E-state index in [2.05, 4.69) is 36.7 Å². The van der Waals surface area contributed by atoms with Gasteiger partial charge in [0.1, 0.15) is 0 Å². The van der Waals surface area contributed by atoms with Crippen molar-refractivity contribution in [3.8, 4) is 0 Å². The second-order valence-corrected chi connectivity index (χ2v) is 6.04. The van der Waals surface area contributed by atoms with Crippen molar-refractivity contribution in [1.82, 2.24) is 0 Å². The summed E-state index contributed by atoms with van der Waals surface area (Å²) in [6.07, 6.45) is 6.00. The van der Waals surface area contributed by atoms with Gasteiger partial charge < -0.3 is 0 Å². The third-order valence-corrected chi connectivity index (χ3v) is 4.28. The molecule has 0 spiro atoms. The van der Waals surface area contributed by atoms with Gasteiger partial charge in [-0.2, -0.15) is 0 Å². The van der Waals surface area contributed by atoms with E-state index in [4.69, 9.17) is 0 Å². The smallest absolute Gasteiger partial charge is 0.152 e. The molecular weight excluding hydrogens is 252 g/mol. The number of carbonyl (C=O) groups is 1. The average molecular weight is 271 g/mol. The molecule has 1 aliphatic rings. The third kappa shape index (κ3) is 3.04. The van der Waals surface area contributed by atoms with Crippen molar-refractivity contribution in [2.24, 2.45) is 5.41 Å². The van der Waals surface area contributed by atoms with Gasteiger partial charge >= 0.3 is 0 Å². The molecule has 1 rings (SSSR count). The first-order chi connectivity index (χ1) is 6.84. The Hall–Kier alpha value is -0.370. The first kappa shape index (κ1) is 12.7. The van der Waals surface area contributed by atoms with E-state index in [1.807, 2.05) is 6.08 Å². The molecule has 2 heteroatoms. The number of halogens is 1. The number of allylic oxidation sites excluding steroid dienone is 4. The highest BCUT2D eigenvalue weighted by molar-refractivity contribution is 9.09. The molecule has 1 aliphatic carbocycles. The Balaban J connectivity index is 3.07. The molecule has 0 saturated carbocycles. The molecule has 0 aromatic carbocycles. The summed E-state index contributed by atoms with van der Waals surface area (Å²) in [5.74, 6) is 0.114. The Kier molecular flexibility index (Phi) is 3.93. The lowest BCUT2D eigenvalue weighted by atomic mass is 9.72. The number of carbonyl (C=O) groups excluding carboxylic acids is 1. The molecule has 0 heterocycles. The highest BCUT2D eigenvalue weighted by Gasteiger charge is 2.30. The van der Waals surface area contributed by atoms with Gasteiger partial charge in [0.2, 0.25) is 0 Å². The number of alkyl halides is 1. The maximum Gasteiger partial charge on any atom is 0.152 e. The van der Waals surface area contributed by atoms with Crippen LogP contribution < -0.4 is 0 Å². The average Bonchev–Trinajstić information content (AvgIpc) is 2.11. The van der Waals surface area contributed by atoms with E-state index >= 15 is 0 Å². The van der Waals surface area contributed by atoms with Crippen molar-refractivity contribution in [3.05, 3.63) is 23.3 Å². The van der Waals surface area contributed by atoms with Crippen LogP contribution in [0.1, 0.15) is 40.5 Å². The standard InChI is InChI=1S/C13H19BrO/c1-9(15)5-6-11-10(2)12(14)7-8-13(11,3)4/h5-6,12H,7-8H2,1-4H3/b6-5+. The molecule has 0 N–H and O–H groups in total. The van der Waals surface area contributed by atoms with Crippen LogP contribution in [0.5, 0.6) is 0 Å². The van der Waals surface area contributed by atoms with E-state index < -0.39 is 0 Å². The summed E-state index contributed by atoms with van der Waals surface area (Å²) in [6.45, 7) is 8.23. The predicted molar refractivity (Wildman–Crippen MR) is 68.3 cm³/mol. The van der Waals surface area contributed by atoms with Crippen LogP contribution in [0.15, 0.2) is 23.3 Å². The fraction of sp³-hybridized carbons (Fsp3) is 0.615. The fourth-order valence-corrected chi connectivity index (χ4v) is 2.57. The van der Waals surface area contributed by atoms with Crippen LogP contribution in [0.4, 0.5) is 0 Å². The zero-order valence-corrected chi connectivity index (χ0v) is 11.5. The Morgan fingerprint density at radius 2 is 2.13 bits per heavy atom. The van der Waals surface area contributed by atoms with Crippen LogP contribution in [-0.4, -0.2) is 10.6 Å². The Bertz CT molecular complexity index is 323. The zero-order chi connectivity index (χ0) is 11.6. The quantitative estimate of drug-likeness (QED) is 0.547. The van der Waals surface area contributed by atoms with Gasteiger partial charge in [-0.1, -0.05) is 41.4 Å². The lowest BCUT2D eigenvalue weighted by molar-refractivity contribution is -0.112. The predicted octanol–water partition coefficient (Wildman–Crippen LogP) is 4.03. The highest BCUT2D eigenvalue weighted by Crippen LogP contribution is 2.42. The van der Waals surface area contributed by atoms with Gasteiger partial charge in [-0.25, -0.2) is 0 Å². The molecule has 0 aromatic rings. The van der Waals surface area contributed by atoms with Crippen molar-refractivity contribution in [2.45, 2.75) is 45.4 Å². The largest absolute Gasteiger partial charge is 0.295 e. The molecular formula is C13H19BrO. The normalized spacial score (nSPS) is 26.1. The molecule has 0 aromatic heterocycles. The molecule has 0 fully saturated rings. The van der Waals surface area contributed by atoms with Crippen LogP contribution in [0.3, 0.4) is 0 Å². The van der Waals surface area contributed by atoms with Gasteiger partial charge in [-0.05, 0) is 43.8 Å². The summed E-state index contributed by atoms with van der Waals surface area (Å²) >= 11 is 3.68. The van der Waals surface area contributed by atoms with Gasteiger partial charge in [0.05, 0.1) is 0 Å². The minimum atomic E-state index is 0.114. The lowest BCUT2D eigenvalue weighted by Crippen LogP contribution is -2.24. The summed E-state index contributed by atoms with van der Waals surface area (Å²) in [7, 11) is 0. The molecule has 1 nitrogen and oxygen atoms in total. The first-order valence-electron chi connectivity index (χ1n) is 5.38. The molecule has 1 atom stereocenters. The van der Waals surface area contributed by atoms with Crippen LogP contribution in [0.25, 0.3) is 0 Å². The van der Waals surface area contributed by atoms with Gasteiger partial charge in [0.25, 0.3) is 0 Å². The van der Waals surface area contributed by atoms with Crippen molar-refractivity contribution < 1.29 is 4.79 Å². The van der Waals surface area contributed by atoms with Crippen molar-refractivity contribution in [2.75, 3.05) is 0 Å². The molecule has 15 heavy (non-hydrogen) atoms. The minimum absolute atomic E-state index is 0.114. The number of hydrogen-bond donors (Lipinski definition) is 0. The topological polar surface area (TPSA) is 17.1 Å². The summed E-state index contributed by atoms with van der Waals surface area (Å²) in [5, 5.41) is 0. The van der Waals surface area contributed by atoms with Gasteiger partial charge in [0, 0.05) is 4.83 Å². The van der Waals surface area contributed by atoms with Crippen molar-refractivity contribution in [3.63, 3.8) is 0 Å². The Morgan fingerprint density at radius 1 is 1.53 bits per heavy atom. The van der Waals surface area contributed by atoms with Crippen LogP contribution in [0, 0.1) is 5.41 Å². The summed E-state index contributed by atoms with van der Waals surface area (Å²) < 4.78 is 0. The van der Waals surface area contributed by atoms with E-state index in [-0.39, 0.29) is 11.2 Å². The molecule has 0 saturated heterocycles. The second-order valence-electron chi connectivity index (χ2n) is 4.93.